The molecule has 1 fully saturated rings. The third-order valence-corrected chi connectivity index (χ3v) is 3.40. The molecule has 2 rings (SSSR count). The van der Waals surface area contributed by atoms with Crippen LogP contribution in [0, 0.1) is 5.92 Å². The quantitative estimate of drug-likeness (QED) is 0.895. The molecule has 0 saturated carbocycles. The van der Waals surface area contributed by atoms with E-state index in [-0.39, 0.29) is 30.6 Å². The van der Waals surface area contributed by atoms with Gasteiger partial charge in [0, 0.05) is 25.6 Å². The van der Waals surface area contributed by atoms with E-state index in [9.17, 15) is 13.6 Å². The molecule has 1 atom stereocenters. The van der Waals surface area contributed by atoms with Gasteiger partial charge in [0.25, 0.3) is 0 Å². The zero-order valence-electron chi connectivity index (χ0n) is 11.0. The van der Waals surface area contributed by atoms with Crippen LogP contribution in [-0.2, 0) is 11.2 Å². The van der Waals surface area contributed by atoms with Gasteiger partial charge in [-0.05, 0) is 24.1 Å². The van der Waals surface area contributed by atoms with E-state index in [1.807, 2.05) is 0 Å². The normalized spacial score (nSPS) is 18.6. The smallest absolute Gasteiger partial charge is 0.387 e. The second kappa shape index (κ2) is 6.65. The topological polar surface area (TPSA) is 49.8 Å². The molecule has 6 heteroatoms. The zero-order chi connectivity index (χ0) is 14.5. The van der Waals surface area contributed by atoms with Crippen LogP contribution in [0.1, 0.15) is 12.0 Å². The fourth-order valence-electron chi connectivity index (χ4n) is 2.28. The van der Waals surface area contributed by atoms with E-state index in [4.69, 9.17) is 5.11 Å². The highest BCUT2D eigenvalue weighted by molar-refractivity contribution is 5.79. The number of carbonyl (C=O) groups excluding carboxylic acids is 1. The largest absolute Gasteiger partial charge is 0.435 e. The van der Waals surface area contributed by atoms with Gasteiger partial charge in [-0.3, -0.25) is 4.79 Å². The van der Waals surface area contributed by atoms with Crippen LogP contribution in [0.15, 0.2) is 24.3 Å². The van der Waals surface area contributed by atoms with Gasteiger partial charge in [-0.1, -0.05) is 12.1 Å². The average Bonchev–Trinajstić information content (AvgIpc) is 2.89. The van der Waals surface area contributed by atoms with Gasteiger partial charge in [-0.15, -0.1) is 0 Å². The lowest BCUT2D eigenvalue weighted by atomic mass is 10.1. The number of hydrogen-bond acceptors (Lipinski definition) is 3. The Morgan fingerprint density at radius 3 is 2.65 bits per heavy atom. The predicted molar refractivity (Wildman–Crippen MR) is 68.6 cm³/mol. The molecule has 0 spiro atoms. The molecule has 1 aromatic rings. The Morgan fingerprint density at radius 2 is 2.10 bits per heavy atom. The number of nitrogens with zero attached hydrogens (tertiary/aromatic N) is 1. The Balaban J connectivity index is 1.88. The molecule has 1 saturated heterocycles. The number of carbonyl (C=O) groups is 1. The summed E-state index contributed by atoms with van der Waals surface area (Å²) in [5.74, 6) is 0.238. The van der Waals surface area contributed by atoms with Crippen molar-refractivity contribution in [2.75, 3.05) is 19.7 Å². The summed E-state index contributed by atoms with van der Waals surface area (Å²) in [6.07, 6.45) is 1.05. The van der Waals surface area contributed by atoms with Crippen LogP contribution in [0.25, 0.3) is 0 Å². The predicted octanol–water partition coefficient (Wildman–Crippen LogP) is 1.67. The number of ether oxygens (including phenoxy) is 1. The van der Waals surface area contributed by atoms with Crippen molar-refractivity contribution in [1.82, 2.24) is 4.90 Å². The van der Waals surface area contributed by atoms with E-state index in [1.54, 1.807) is 17.0 Å². The van der Waals surface area contributed by atoms with Crippen molar-refractivity contribution in [2.45, 2.75) is 19.5 Å². The number of alkyl halides is 2. The fourth-order valence-corrected chi connectivity index (χ4v) is 2.28. The Kier molecular flexibility index (Phi) is 4.89. The number of likely N-dealkylation sites (tertiary alicyclic amines) is 1. The first-order chi connectivity index (χ1) is 9.58. The maximum Gasteiger partial charge on any atom is 0.387 e. The van der Waals surface area contributed by atoms with Crippen molar-refractivity contribution in [3.63, 3.8) is 0 Å². The summed E-state index contributed by atoms with van der Waals surface area (Å²) in [6.45, 7) is -1.50. The van der Waals surface area contributed by atoms with Crippen LogP contribution in [0.4, 0.5) is 8.78 Å². The van der Waals surface area contributed by atoms with Gasteiger partial charge in [0.1, 0.15) is 5.75 Å². The summed E-state index contributed by atoms with van der Waals surface area (Å²) < 4.78 is 28.3. The Labute approximate surface area is 116 Å². The van der Waals surface area contributed by atoms with Gasteiger partial charge in [0.2, 0.25) is 5.91 Å². The van der Waals surface area contributed by atoms with Crippen LogP contribution in [-0.4, -0.2) is 42.2 Å². The lowest BCUT2D eigenvalue weighted by Crippen LogP contribution is -2.30. The molecule has 0 bridgehead atoms. The molecular weight excluding hydrogens is 268 g/mol. The van der Waals surface area contributed by atoms with Crippen molar-refractivity contribution < 1.29 is 23.4 Å². The van der Waals surface area contributed by atoms with Crippen molar-refractivity contribution in [1.29, 1.82) is 0 Å². The van der Waals surface area contributed by atoms with Crippen molar-refractivity contribution in [2.24, 2.45) is 5.92 Å². The summed E-state index contributed by atoms with van der Waals surface area (Å²) in [7, 11) is 0. The summed E-state index contributed by atoms with van der Waals surface area (Å²) >= 11 is 0. The number of aliphatic hydroxyl groups excluding tert-OH is 1. The minimum atomic E-state index is -2.84. The van der Waals surface area contributed by atoms with E-state index in [1.165, 1.54) is 12.1 Å². The second-order valence-corrected chi connectivity index (χ2v) is 4.88. The lowest BCUT2D eigenvalue weighted by molar-refractivity contribution is -0.129. The minimum Gasteiger partial charge on any atom is -0.435 e. The van der Waals surface area contributed by atoms with Crippen LogP contribution in [0.2, 0.25) is 0 Å². The van der Waals surface area contributed by atoms with Crippen LogP contribution < -0.4 is 4.74 Å². The molecule has 0 radical (unpaired) electrons. The third-order valence-electron chi connectivity index (χ3n) is 3.40. The maximum atomic E-state index is 12.0. The highest BCUT2D eigenvalue weighted by atomic mass is 19.3. The maximum absolute atomic E-state index is 12.0. The standard InChI is InChI=1S/C14H17F2NO3/c15-14(16)20-12-3-1-10(2-4-12)7-13(19)17-6-5-11(8-17)9-18/h1-4,11,14,18H,5-9H2. The van der Waals surface area contributed by atoms with Gasteiger partial charge in [-0.25, -0.2) is 0 Å². The number of benzene rings is 1. The van der Waals surface area contributed by atoms with Gasteiger partial charge in [0.15, 0.2) is 0 Å². The monoisotopic (exact) mass is 285 g/mol. The molecule has 1 aliphatic rings. The van der Waals surface area contributed by atoms with E-state index in [0.717, 1.165) is 12.0 Å². The zero-order valence-corrected chi connectivity index (χ0v) is 11.0. The molecule has 1 aromatic carbocycles. The highest BCUT2D eigenvalue weighted by Crippen LogP contribution is 2.18. The molecule has 4 nitrogen and oxygen atoms in total. The molecule has 0 aliphatic carbocycles. The number of hydrogen-bond donors (Lipinski definition) is 1. The first-order valence-electron chi connectivity index (χ1n) is 6.51. The summed E-state index contributed by atoms with van der Waals surface area (Å²) in [6, 6.07) is 6.06. The Bertz CT molecular complexity index is 450. The summed E-state index contributed by atoms with van der Waals surface area (Å²) in [4.78, 5) is 13.8. The fraction of sp³-hybridized carbons (Fsp3) is 0.500. The van der Waals surface area contributed by atoms with Gasteiger partial charge < -0.3 is 14.7 Å². The Morgan fingerprint density at radius 1 is 1.40 bits per heavy atom. The first-order valence-corrected chi connectivity index (χ1v) is 6.51. The van der Waals surface area contributed by atoms with Gasteiger partial charge >= 0.3 is 6.61 Å². The van der Waals surface area contributed by atoms with Crippen molar-refractivity contribution in [3.8, 4) is 5.75 Å². The van der Waals surface area contributed by atoms with Gasteiger partial charge in [-0.2, -0.15) is 8.78 Å². The van der Waals surface area contributed by atoms with E-state index >= 15 is 0 Å². The summed E-state index contributed by atoms with van der Waals surface area (Å²) in [5, 5.41) is 9.04. The molecule has 1 N–H and O–H groups in total. The third kappa shape index (κ3) is 3.90. The van der Waals surface area contributed by atoms with Crippen LogP contribution in [0.5, 0.6) is 5.75 Å². The molecule has 0 aromatic heterocycles. The molecule has 1 amide bonds. The second-order valence-electron chi connectivity index (χ2n) is 4.88. The van der Waals surface area contributed by atoms with Gasteiger partial charge in [0.05, 0.1) is 6.42 Å². The molecular formula is C14H17F2NO3. The Hall–Kier alpha value is -1.69. The highest BCUT2D eigenvalue weighted by Gasteiger charge is 2.25. The molecule has 1 unspecified atom stereocenters. The SMILES string of the molecule is O=C(Cc1ccc(OC(F)F)cc1)N1CCC(CO)C1. The van der Waals surface area contributed by atoms with E-state index in [0.29, 0.717) is 13.1 Å². The van der Waals surface area contributed by atoms with Crippen LogP contribution in [0.3, 0.4) is 0 Å². The molecule has 110 valence electrons. The van der Waals surface area contributed by atoms with Crippen molar-refractivity contribution in [3.05, 3.63) is 29.8 Å². The number of amides is 1. The van der Waals surface area contributed by atoms with E-state index in [2.05, 4.69) is 4.74 Å². The van der Waals surface area contributed by atoms with Crippen molar-refractivity contribution >= 4 is 5.91 Å². The summed E-state index contributed by atoms with van der Waals surface area (Å²) in [5.41, 5.74) is 0.754. The number of halogens is 2. The lowest BCUT2D eigenvalue weighted by Gasteiger charge is -2.16. The van der Waals surface area contributed by atoms with E-state index < -0.39 is 6.61 Å². The van der Waals surface area contributed by atoms with Crippen LogP contribution >= 0.6 is 0 Å². The number of rotatable bonds is 5. The molecule has 20 heavy (non-hydrogen) atoms. The molecule has 1 aliphatic heterocycles. The molecule has 1 heterocycles. The first kappa shape index (κ1) is 14.7. The average molecular weight is 285 g/mol. The minimum absolute atomic E-state index is 0.0107. The number of aliphatic hydroxyl groups is 1.